The summed E-state index contributed by atoms with van der Waals surface area (Å²) < 4.78 is 13.6. The van der Waals surface area contributed by atoms with Gasteiger partial charge < -0.3 is 16.2 Å². The number of hydrogen-bond acceptors (Lipinski definition) is 3. The van der Waals surface area contributed by atoms with Gasteiger partial charge >= 0.3 is 0 Å². The number of carbonyl (C=O) groups excluding carboxylic acids is 1. The van der Waals surface area contributed by atoms with Crippen LogP contribution in [-0.2, 0) is 0 Å². The number of aromatic hydroxyl groups is 1. The highest BCUT2D eigenvalue weighted by Gasteiger charge is 2.16. The number of hydrogen-bond donors (Lipinski definition) is 3. The number of rotatable bonds is 3. The summed E-state index contributed by atoms with van der Waals surface area (Å²) in [5, 5.41) is 12.0. The minimum absolute atomic E-state index is 0.0529. The van der Waals surface area contributed by atoms with Crippen LogP contribution in [0.3, 0.4) is 0 Å². The van der Waals surface area contributed by atoms with Crippen molar-refractivity contribution in [2.45, 2.75) is 13.0 Å². The zero-order valence-corrected chi connectivity index (χ0v) is 10.9. The summed E-state index contributed by atoms with van der Waals surface area (Å²) in [4.78, 5) is 12.1. The van der Waals surface area contributed by atoms with Crippen molar-refractivity contribution in [3.63, 3.8) is 0 Å². The van der Waals surface area contributed by atoms with Crippen LogP contribution in [0.15, 0.2) is 42.5 Å². The molecular weight excluding hydrogens is 259 g/mol. The van der Waals surface area contributed by atoms with Gasteiger partial charge in [0, 0.05) is 11.3 Å². The van der Waals surface area contributed by atoms with E-state index < -0.39 is 11.9 Å². The van der Waals surface area contributed by atoms with E-state index in [1.165, 1.54) is 24.3 Å². The second-order valence-corrected chi connectivity index (χ2v) is 4.49. The summed E-state index contributed by atoms with van der Waals surface area (Å²) in [5.74, 6) is -0.902. The molecule has 20 heavy (non-hydrogen) atoms. The smallest absolute Gasteiger partial charge is 0.253 e. The van der Waals surface area contributed by atoms with Gasteiger partial charge in [-0.2, -0.15) is 0 Å². The van der Waals surface area contributed by atoms with Crippen molar-refractivity contribution < 1.29 is 14.3 Å². The molecule has 104 valence electrons. The van der Waals surface area contributed by atoms with Gasteiger partial charge in [0.25, 0.3) is 5.91 Å². The molecule has 1 atom stereocenters. The number of amides is 1. The van der Waals surface area contributed by atoms with E-state index in [9.17, 15) is 14.3 Å². The van der Waals surface area contributed by atoms with Gasteiger partial charge in [0.1, 0.15) is 11.6 Å². The van der Waals surface area contributed by atoms with E-state index in [1.807, 2.05) is 0 Å². The number of nitrogen functional groups attached to an aromatic ring is 1. The molecule has 0 spiro atoms. The van der Waals surface area contributed by atoms with Crippen molar-refractivity contribution in [1.82, 2.24) is 5.32 Å². The number of phenolic OH excluding ortho intramolecular Hbond substituents is 1. The predicted molar refractivity (Wildman–Crippen MR) is 74.8 cm³/mol. The summed E-state index contributed by atoms with van der Waals surface area (Å²) >= 11 is 0. The average molecular weight is 274 g/mol. The van der Waals surface area contributed by atoms with Crippen LogP contribution in [0.25, 0.3) is 0 Å². The highest BCUT2D eigenvalue weighted by molar-refractivity contribution is 5.99. The maximum absolute atomic E-state index is 13.6. The van der Waals surface area contributed by atoms with Crippen LogP contribution in [0.5, 0.6) is 5.75 Å². The van der Waals surface area contributed by atoms with Crippen LogP contribution in [0, 0.1) is 5.82 Å². The van der Waals surface area contributed by atoms with E-state index in [-0.39, 0.29) is 22.8 Å². The zero-order chi connectivity index (χ0) is 14.7. The van der Waals surface area contributed by atoms with Gasteiger partial charge in [-0.1, -0.05) is 18.2 Å². The first-order valence-electron chi connectivity index (χ1n) is 6.13. The second kappa shape index (κ2) is 5.61. The van der Waals surface area contributed by atoms with E-state index in [4.69, 9.17) is 5.73 Å². The monoisotopic (exact) mass is 274 g/mol. The largest absolute Gasteiger partial charge is 0.508 e. The Morgan fingerprint density at radius 2 is 2.00 bits per heavy atom. The number of nitrogens with two attached hydrogens (primary N) is 1. The summed E-state index contributed by atoms with van der Waals surface area (Å²) in [6.45, 7) is 1.68. The van der Waals surface area contributed by atoms with Gasteiger partial charge in [-0.05, 0) is 31.2 Å². The maximum Gasteiger partial charge on any atom is 0.253 e. The molecule has 1 amide bonds. The molecule has 0 aliphatic heterocycles. The lowest BCUT2D eigenvalue weighted by Crippen LogP contribution is -2.27. The van der Waals surface area contributed by atoms with Gasteiger partial charge in [-0.3, -0.25) is 4.79 Å². The predicted octanol–water partition coefficient (Wildman–Crippen LogP) is 2.60. The Morgan fingerprint density at radius 3 is 2.70 bits per heavy atom. The molecule has 2 rings (SSSR count). The van der Waals surface area contributed by atoms with Crippen LogP contribution in [0.2, 0.25) is 0 Å². The first-order valence-corrected chi connectivity index (χ1v) is 6.13. The number of phenols is 1. The third-order valence-corrected chi connectivity index (χ3v) is 3.00. The van der Waals surface area contributed by atoms with Crippen LogP contribution < -0.4 is 11.1 Å². The lowest BCUT2D eigenvalue weighted by atomic mass is 10.1. The lowest BCUT2D eigenvalue weighted by molar-refractivity contribution is 0.0940. The minimum atomic E-state index is -0.509. The molecule has 0 saturated heterocycles. The molecule has 4 nitrogen and oxygen atoms in total. The number of anilines is 1. The number of benzene rings is 2. The van der Waals surface area contributed by atoms with Gasteiger partial charge in [0.2, 0.25) is 0 Å². The standard InChI is InChI=1S/C15H15FN2O2/c1-9(11-4-2-3-5-13(11)16)18-15(20)12-8-10(19)6-7-14(12)17/h2-9,19H,17H2,1H3,(H,18,20). The van der Waals surface area contributed by atoms with E-state index in [2.05, 4.69) is 5.32 Å². The van der Waals surface area contributed by atoms with Crippen molar-refractivity contribution >= 4 is 11.6 Å². The Balaban J connectivity index is 2.20. The fourth-order valence-electron chi connectivity index (χ4n) is 1.92. The molecular formula is C15H15FN2O2. The molecule has 2 aromatic rings. The third-order valence-electron chi connectivity index (χ3n) is 3.00. The first-order chi connectivity index (χ1) is 9.49. The van der Waals surface area contributed by atoms with Crippen molar-refractivity contribution in [3.8, 4) is 5.75 Å². The molecule has 0 fully saturated rings. The summed E-state index contributed by atoms with van der Waals surface area (Å²) in [6.07, 6.45) is 0. The van der Waals surface area contributed by atoms with E-state index >= 15 is 0 Å². The lowest BCUT2D eigenvalue weighted by Gasteiger charge is -2.16. The van der Waals surface area contributed by atoms with Gasteiger partial charge in [0.15, 0.2) is 0 Å². The Kier molecular flexibility index (Phi) is 3.89. The van der Waals surface area contributed by atoms with E-state index in [1.54, 1.807) is 25.1 Å². The van der Waals surface area contributed by atoms with Gasteiger partial charge in [-0.25, -0.2) is 4.39 Å². The molecule has 0 aliphatic rings. The van der Waals surface area contributed by atoms with Crippen LogP contribution in [0.4, 0.5) is 10.1 Å². The van der Waals surface area contributed by atoms with Crippen LogP contribution >= 0.6 is 0 Å². The van der Waals surface area contributed by atoms with Crippen LogP contribution in [-0.4, -0.2) is 11.0 Å². The molecule has 5 heteroatoms. The molecule has 0 saturated carbocycles. The Bertz CT molecular complexity index is 644. The van der Waals surface area contributed by atoms with Crippen molar-refractivity contribution in [1.29, 1.82) is 0 Å². The Labute approximate surface area is 116 Å². The third kappa shape index (κ3) is 2.88. The zero-order valence-electron chi connectivity index (χ0n) is 10.9. The SMILES string of the molecule is CC(NC(=O)c1cc(O)ccc1N)c1ccccc1F. The first kappa shape index (κ1) is 13.9. The number of carbonyl (C=O) groups is 1. The van der Waals surface area contributed by atoms with E-state index in [0.717, 1.165) is 0 Å². The number of nitrogens with one attached hydrogen (secondary N) is 1. The molecule has 1 unspecified atom stereocenters. The van der Waals surface area contributed by atoms with Crippen molar-refractivity contribution in [2.24, 2.45) is 0 Å². The average Bonchev–Trinajstić information content (AvgIpc) is 2.41. The van der Waals surface area contributed by atoms with Gasteiger partial charge in [0.05, 0.1) is 11.6 Å². The maximum atomic E-state index is 13.6. The molecule has 2 aromatic carbocycles. The Morgan fingerprint density at radius 1 is 1.30 bits per heavy atom. The highest BCUT2D eigenvalue weighted by Crippen LogP contribution is 2.21. The topological polar surface area (TPSA) is 75.3 Å². The summed E-state index contributed by atoms with van der Waals surface area (Å²) in [5.41, 5.74) is 6.49. The fourth-order valence-corrected chi connectivity index (χ4v) is 1.92. The molecule has 4 N–H and O–H groups in total. The normalized spacial score (nSPS) is 11.9. The quantitative estimate of drug-likeness (QED) is 0.595. The summed E-state index contributed by atoms with van der Waals surface area (Å²) in [7, 11) is 0. The minimum Gasteiger partial charge on any atom is -0.508 e. The molecule has 0 aliphatic carbocycles. The molecule has 0 radical (unpaired) electrons. The van der Waals surface area contributed by atoms with Gasteiger partial charge in [-0.15, -0.1) is 0 Å². The van der Waals surface area contributed by atoms with E-state index in [0.29, 0.717) is 5.56 Å². The highest BCUT2D eigenvalue weighted by atomic mass is 19.1. The van der Waals surface area contributed by atoms with Crippen LogP contribution in [0.1, 0.15) is 28.9 Å². The molecule has 0 aromatic heterocycles. The Hall–Kier alpha value is -2.56. The summed E-state index contributed by atoms with van der Waals surface area (Å²) in [6, 6.07) is 9.82. The molecule has 0 heterocycles. The number of halogens is 1. The van der Waals surface area contributed by atoms with Crippen molar-refractivity contribution in [3.05, 3.63) is 59.4 Å². The second-order valence-electron chi connectivity index (χ2n) is 4.49. The van der Waals surface area contributed by atoms with Crippen molar-refractivity contribution in [2.75, 3.05) is 5.73 Å². The fraction of sp³-hybridized carbons (Fsp3) is 0.133. The molecule has 0 bridgehead atoms.